The molecule has 0 amide bonds. The largest absolute Gasteiger partial charge is 0.394 e. The van der Waals surface area contributed by atoms with Gasteiger partial charge in [0.2, 0.25) is 0 Å². The van der Waals surface area contributed by atoms with E-state index in [0.29, 0.717) is 38.5 Å². The van der Waals surface area contributed by atoms with E-state index in [0.717, 1.165) is 25.7 Å². The normalized spacial score (nSPS) is 52.1. The van der Waals surface area contributed by atoms with E-state index in [9.17, 15) is 71.5 Å². The van der Waals surface area contributed by atoms with Crippen molar-refractivity contribution in [2.24, 2.45) is 45.8 Å². The molecule has 75 heavy (non-hydrogen) atoms. The molecule has 0 bridgehead atoms. The third-order valence-electron chi connectivity index (χ3n) is 20.2. The number of hydrogen-bond donors (Lipinski definition) is 14. The molecule has 0 spiro atoms. The maximum Gasteiger partial charge on any atom is 0.187 e. The molecule has 14 N–H and O–H groups in total. The van der Waals surface area contributed by atoms with Crippen molar-refractivity contribution in [2.45, 2.75) is 247 Å². The third-order valence-corrected chi connectivity index (χ3v) is 20.2. The summed E-state index contributed by atoms with van der Waals surface area (Å²) in [6.45, 7) is 12.9. The van der Waals surface area contributed by atoms with Gasteiger partial charge in [0.05, 0.1) is 44.2 Å². The third kappa shape index (κ3) is 11.1. The number of aliphatic hydroxyl groups is 14. The Hall–Kier alpha value is -1.14. The van der Waals surface area contributed by atoms with Crippen LogP contribution in [0, 0.1) is 45.8 Å². The molecule has 0 aromatic rings. The molecule has 22 nitrogen and oxygen atoms in total. The highest BCUT2D eigenvalue weighted by atomic mass is 16.8. The monoisotopic (exact) mass is 1080 g/mol. The first-order valence-electron chi connectivity index (χ1n) is 27.5. The lowest BCUT2D eigenvalue weighted by atomic mass is 9.39. The SMILES string of the molecule is CC/C(C)=C\CC[C@](C)(O[C@H]1O[C@H](CO[C@H]2OC[C@@H](O)[C@@H](O)[C@H]2O)[C@@H](O)[C@@H](O)[C@H]1O)[C@H]1CC[C@]2(C)C1[C@@H](O)C[C@H]1[C@H]2CC[C@H]2C(C)(C)[C@H](O[C@H]3O[C@H](CO)[C@@H](O)[C@@H](O)[C@H]3O[C@H]3O[C@H](CO)[C@@H](O)[C@@H](O)[C@H]3O)CC[C@]12C. The van der Waals surface area contributed by atoms with E-state index >= 15 is 0 Å². The average molecular weight is 1080 g/mol. The van der Waals surface area contributed by atoms with E-state index in [2.05, 4.69) is 47.6 Å². The van der Waals surface area contributed by atoms with E-state index in [1.807, 2.05) is 6.92 Å². The smallest absolute Gasteiger partial charge is 0.187 e. The van der Waals surface area contributed by atoms with Gasteiger partial charge < -0.3 is 109 Å². The number of hydrogen-bond acceptors (Lipinski definition) is 22. The highest BCUT2D eigenvalue weighted by molar-refractivity contribution is 5.17. The summed E-state index contributed by atoms with van der Waals surface area (Å²) in [5.41, 5.74) is -0.983. The highest BCUT2D eigenvalue weighted by Gasteiger charge is 2.68. The van der Waals surface area contributed by atoms with Gasteiger partial charge in [0.25, 0.3) is 0 Å². The molecule has 0 aromatic heterocycles. The summed E-state index contributed by atoms with van der Waals surface area (Å²) >= 11 is 0. The van der Waals surface area contributed by atoms with Gasteiger partial charge in [-0.25, -0.2) is 0 Å². The Morgan fingerprint density at radius 1 is 0.613 bits per heavy atom. The standard InChI is InChI=1S/C53H90O22/c1-8-23(2)10-9-15-53(7,75-48-44(67)40(63)38(61)31(72-48)22-69-46-42(65)35(58)28(57)21-68-46)25-13-16-52(6)24-11-12-32-50(3,4)33(14-17-51(32,5)26(24)18-27(56)34(25)52)73-49-45(41(64)37(60)30(20-55)71-49)74-47-43(66)39(62)36(59)29(19-54)70-47/h10,24-49,54-67H,8-9,11-22H2,1-7H3/b23-10-/t24-,25+,26+,27+,28-,29-,30-,31-,32+,33-,34?,35-,36-,37-,38-,39-,40-,41-,42-,43-,44-,45-,46-,47-,48-,49-,51-,52+,53+/m1/s1. The summed E-state index contributed by atoms with van der Waals surface area (Å²) in [5, 5.41) is 151. The Morgan fingerprint density at radius 3 is 1.85 bits per heavy atom. The predicted octanol–water partition coefficient (Wildman–Crippen LogP) is -1.56. The summed E-state index contributed by atoms with van der Waals surface area (Å²) in [6, 6.07) is 0. The fourth-order valence-corrected chi connectivity index (χ4v) is 15.6. The van der Waals surface area contributed by atoms with E-state index in [1.54, 1.807) is 0 Å². The quantitative estimate of drug-likeness (QED) is 0.0614. The summed E-state index contributed by atoms with van der Waals surface area (Å²) in [4.78, 5) is 0. The summed E-state index contributed by atoms with van der Waals surface area (Å²) in [7, 11) is 0. The first-order valence-corrected chi connectivity index (χ1v) is 27.5. The zero-order chi connectivity index (χ0) is 54.9. The number of ether oxygens (including phenoxy) is 8. The maximum absolute atomic E-state index is 12.7. The molecule has 434 valence electrons. The van der Waals surface area contributed by atoms with Crippen LogP contribution in [0.4, 0.5) is 0 Å². The van der Waals surface area contributed by atoms with Gasteiger partial charge in [-0.3, -0.25) is 0 Å². The average Bonchev–Trinajstić information content (AvgIpc) is 3.76. The fourth-order valence-electron chi connectivity index (χ4n) is 15.6. The van der Waals surface area contributed by atoms with Crippen LogP contribution >= 0.6 is 0 Å². The van der Waals surface area contributed by atoms with E-state index in [-0.39, 0.29) is 47.0 Å². The van der Waals surface area contributed by atoms with Gasteiger partial charge in [0, 0.05) is 0 Å². The minimum absolute atomic E-state index is 0.0718. The zero-order valence-electron chi connectivity index (χ0n) is 44.5. The number of rotatable bonds is 16. The molecule has 1 unspecified atom stereocenters. The Bertz CT molecular complexity index is 1910. The van der Waals surface area contributed by atoms with Gasteiger partial charge in [0.1, 0.15) is 91.6 Å². The molecule has 4 aliphatic carbocycles. The lowest BCUT2D eigenvalue weighted by Gasteiger charge is -2.66. The molecule has 4 aliphatic heterocycles. The number of aliphatic hydroxyl groups excluding tert-OH is 14. The van der Waals surface area contributed by atoms with E-state index < -0.39 is 160 Å². The van der Waals surface area contributed by atoms with Crippen molar-refractivity contribution in [3.8, 4) is 0 Å². The highest BCUT2D eigenvalue weighted by Crippen LogP contribution is 2.71. The Kier molecular flexibility index (Phi) is 18.7. The summed E-state index contributed by atoms with van der Waals surface area (Å²) < 4.78 is 48.7. The molecule has 4 saturated heterocycles. The Balaban J connectivity index is 0.998. The van der Waals surface area contributed by atoms with Crippen LogP contribution in [-0.4, -0.2) is 232 Å². The fraction of sp³-hybridized carbons (Fsp3) is 0.962. The molecule has 8 fully saturated rings. The van der Waals surface area contributed by atoms with Crippen LogP contribution in [0.5, 0.6) is 0 Å². The first kappa shape index (κ1) is 60.0. The minimum Gasteiger partial charge on any atom is -0.394 e. The van der Waals surface area contributed by atoms with Crippen LogP contribution in [0.3, 0.4) is 0 Å². The van der Waals surface area contributed by atoms with Gasteiger partial charge in [-0.2, -0.15) is 0 Å². The van der Waals surface area contributed by atoms with E-state index in [4.69, 9.17) is 37.9 Å². The van der Waals surface area contributed by atoms with Crippen LogP contribution in [0.15, 0.2) is 11.6 Å². The molecule has 22 heteroatoms. The molecule has 4 saturated carbocycles. The Morgan fingerprint density at radius 2 is 1.20 bits per heavy atom. The van der Waals surface area contributed by atoms with Crippen LogP contribution in [0.2, 0.25) is 0 Å². The topological polar surface area (TPSA) is 357 Å². The van der Waals surface area contributed by atoms with Gasteiger partial charge in [-0.15, -0.1) is 0 Å². The van der Waals surface area contributed by atoms with Gasteiger partial charge >= 0.3 is 0 Å². The van der Waals surface area contributed by atoms with Crippen molar-refractivity contribution in [3.63, 3.8) is 0 Å². The Labute approximate surface area is 439 Å². The molecule has 0 radical (unpaired) electrons. The van der Waals surface area contributed by atoms with Crippen molar-refractivity contribution in [1.82, 2.24) is 0 Å². The number of fused-ring (bicyclic) bond motifs is 5. The lowest BCUT2D eigenvalue weighted by Crippen LogP contribution is -2.66. The second-order valence-electron chi connectivity index (χ2n) is 24.8. The lowest BCUT2D eigenvalue weighted by molar-refractivity contribution is -0.378. The van der Waals surface area contributed by atoms with Gasteiger partial charge in [0.15, 0.2) is 25.2 Å². The molecule has 8 aliphatic rings. The molecule has 4 heterocycles. The van der Waals surface area contributed by atoms with Crippen LogP contribution in [-0.2, 0) is 37.9 Å². The van der Waals surface area contributed by atoms with Gasteiger partial charge in [-0.1, -0.05) is 46.3 Å². The maximum atomic E-state index is 12.7. The van der Waals surface area contributed by atoms with Crippen molar-refractivity contribution in [3.05, 3.63) is 11.6 Å². The second kappa shape index (κ2) is 23.4. The zero-order valence-corrected chi connectivity index (χ0v) is 44.5. The van der Waals surface area contributed by atoms with Crippen LogP contribution in [0.25, 0.3) is 0 Å². The van der Waals surface area contributed by atoms with Crippen molar-refractivity contribution >= 4 is 0 Å². The van der Waals surface area contributed by atoms with Crippen LogP contribution in [0.1, 0.15) is 113 Å². The summed E-state index contributed by atoms with van der Waals surface area (Å²) in [6.07, 6.45) is -21.4. The molecule has 0 aromatic carbocycles. The molecule has 29 atom stereocenters. The van der Waals surface area contributed by atoms with Crippen molar-refractivity contribution < 1.29 is 109 Å². The van der Waals surface area contributed by atoms with Crippen molar-refractivity contribution in [1.29, 1.82) is 0 Å². The second-order valence-corrected chi connectivity index (χ2v) is 24.8. The van der Waals surface area contributed by atoms with Gasteiger partial charge in [-0.05, 0) is 124 Å². The molecular weight excluding hydrogens is 989 g/mol. The minimum atomic E-state index is -1.81. The van der Waals surface area contributed by atoms with Crippen molar-refractivity contribution in [2.75, 3.05) is 26.4 Å². The summed E-state index contributed by atoms with van der Waals surface area (Å²) in [5.74, 6) is -0.0559. The van der Waals surface area contributed by atoms with Crippen LogP contribution < -0.4 is 0 Å². The predicted molar refractivity (Wildman–Crippen MR) is 260 cm³/mol. The molecule has 8 rings (SSSR count). The van der Waals surface area contributed by atoms with E-state index in [1.165, 1.54) is 5.57 Å². The number of allylic oxidation sites excluding steroid dienone is 2. The molecular formula is C53H90O22. The first-order chi connectivity index (χ1) is 35.3.